The van der Waals surface area contributed by atoms with E-state index in [2.05, 4.69) is 27.0 Å². The van der Waals surface area contributed by atoms with Gasteiger partial charge in [0.15, 0.2) is 0 Å². The Morgan fingerprint density at radius 2 is 1.89 bits per heavy atom. The van der Waals surface area contributed by atoms with Gasteiger partial charge >= 0.3 is 0 Å². The van der Waals surface area contributed by atoms with Gasteiger partial charge in [-0.2, -0.15) is 0 Å². The summed E-state index contributed by atoms with van der Waals surface area (Å²) < 4.78 is 0. The Hall–Kier alpha value is -0.590. The molecular weight excluding hydrogens is 230 g/mol. The summed E-state index contributed by atoms with van der Waals surface area (Å²) in [7, 11) is 0. The highest BCUT2D eigenvalue weighted by atomic mass is 14.7. The molecule has 1 saturated carbocycles. The maximum atomic E-state index is 4.74. The normalized spacial score (nSPS) is 33.7. The van der Waals surface area contributed by atoms with Crippen LogP contribution < -0.4 is 0 Å². The summed E-state index contributed by atoms with van der Waals surface area (Å²) in [5.74, 6) is 2.58. The molecule has 1 nitrogen and oxygen atoms in total. The van der Waals surface area contributed by atoms with Crippen molar-refractivity contribution in [3.63, 3.8) is 0 Å². The quantitative estimate of drug-likeness (QED) is 0.630. The lowest BCUT2D eigenvalue weighted by molar-refractivity contribution is 0.493. The van der Waals surface area contributed by atoms with E-state index in [0.29, 0.717) is 0 Å². The average molecular weight is 261 g/mol. The van der Waals surface area contributed by atoms with Gasteiger partial charge in [0.25, 0.3) is 0 Å². The zero-order valence-electron chi connectivity index (χ0n) is 13.1. The number of hydrogen-bond acceptors (Lipinski definition) is 1. The first-order chi connectivity index (χ1) is 9.22. The van der Waals surface area contributed by atoms with E-state index in [-0.39, 0.29) is 0 Å². The fourth-order valence-electron chi connectivity index (χ4n) is 3.39. The molecular formula is C18H31N. The predicted octanol–water partition coefficient (Wildman–Crippen LogP) is 5.41. The average Bonchev–Trinajstić information content (AvgIpc) is 3.10. The van der Waals surface area contributed by atoms with Crippen molar-refractivity contribution in [1.29, 1.82) is 0 Å². The molecule has 108 valence electrons. The Morgan fingerprint density at radius 3 is 2.58 bits per heavy atom. The van der Waals surface area contributed by atoms with E-state index in [1.54, 1.807) is 11.1 Å². The van der Waals surface area contributed by atoms with Gasteiger partial charge in [0, 0.05) is 12.8 Å². The first kappa shape index (κ1) is 14.8. The van der Waals surface area contributed by atoms with Crippen molar-refractivity contribution in [2.24, 2.45) is 22.7 Å². The zero-order chi connectivity index (χ0) is 13.7. The maximum absolute atomic E-state index is 4.74. The summed E-state index contributed by atoms with van der Waals surface area (Å²) in [4.78, 5) is 4.74. The fraction of sp³-hybridized carbons (Fsp3) is 0.833. The molecule has 0 aromatic heterocycles. The number of rotatable bonds is 2. The molecule has 0 amide bonds. The molecule has 1 aliphatic carbocycles. The molecule has 1 aliphatic heterocycles. The van der Waals surface area contributed by atoms with Crippen LogP contribution in [0.1, 0.15) is 72.1 Å². The Kier molecular flexibility index (Phi) is 5.66. The van der Waals surface area contributed by atoms with Crippen molar-refractivity contribution < 1.29 is 0 Å². The van der Waals surface area contributed by atoms with E-state index in [1.165, 1.54) is 44.9 Å². The van der Waals surface area contributed by atoms with Crippen molar-refractivity contribution in [2.75, 3.05) is 6.54 Å². The third-order valence-electron chi connectivity index (χ3n) is 4.91. The first-order valence-corrected chi connectivity index (χ1v) is 8.44. The lowest BCUT2D eigenvalue weighted by Gasteiger charge is -2.14. The predicted molar refractivity (Wildman–Crippen MR) is 84.8 cm³/mol. The van der Waals surface area contributed by atoms with Crippen LogP contribution in [0.4, 0.5) is 0 Å². The molecule has 19 heavy (non-hydrogen) atoms. The number of aliphatic imine (C=N–C) groups is 1. The first-order valence-electron chi connectivity index (χ1n) is 8.44. The van der Waals surface area contributed by atoms with Crippen LogP contribution in [0.5, 0.6) is 0 Å². The molecule has 2 rings (SSSR count). The molecule has 0 spiro atoms. The van der Waals surface area contributed by atoms with Crippen molar-refractivity contribution in [1.82, 2.24) is 0 Å². The van der Waals surface area contributed by atoms with Crippen LogP contribution in [-0.2, 0) is 0 Å². The monoisotopic (exact) mass is 261 g/mol. The summed E-state index contributed by atoms with van der Waals surface area (Å²) in [5, 5.41) is 0. The van der Waals surface area contributed by atoms with E-state index < -0.39 is 0 Å². The lowest BCUT2D eigenvalue weighted by Crippen LogP contribution is -2.03. The van der Waals surface area contributed by atoms with Gasteiger partial charge in [-0.3, -0.25) is 4.99 Å². The molecule has 1 fully saturated rings. The molecule has 3 atom stereocenters. The molecule has 0 radical (unpaired) electrons. The highest BCUT2D eigenvalue weighted by molar-refractivity contribution is 5.80. The van der Waals surface area contributed by atoms with E-state index in [0.717, 1.165) is 30.7 Å². The second kappa shape index (κ2) is 7.26. The van der Waals surface area contributed by atoms with Gasteiger partial charge < -0.3 is 0 Å². The van der Waals surface area contributed by atoms with Crippen molar-refractivity contribution >= 4 is 6.21 Å². The van der Waals surface area contributed by atoms with Crippen LogP contribution >= 0.6 is 0 Å². The minimum Gasteiger partial charge on any atom is -0.293 e. The smallest absolute Gasteiger partial charge is 0.0415 e. The molecule has 3 unspecified atom stereocenters. The number of hydrogen-bond donors (Lipinski definition) is 0. The molecule has 0 aromatic rings. The van der Waals surface area contributed by atoms with Crippen molar-refractivity contribution in [3.05, 3.63) is 11.1 Å². The van der Waals surface area contributed by atoms with Crippen molar-refractivity contribution in [3.8, 4) is 0 Å². The Labute approximate surface area is 119 Å². The van der Waals surface area contributed by atoms with Crippen LogP contribution in [0.15, 0.2) is 16.1 Å². The zero-order valence-corrected chi connectivity index (χ0v) is 13.1. The second-order valence-corrected chi connectivity index (χ2v) is 6.78. The molecule has 2 aliphatic rings. The van der Waals surface area contributed by atoms with Gasteiger partial charge in [-0.25, -0.2) is 0 Å². The minimum absolute atomic E-state index is 0.761. The lowest BCUT2D eigenvalue weighted by atomic mass is 9.94. The Morgan fingerprint density at radius 1 is 1.16 bits per heavy atom. The van der Waals surface area contributed by atoms with E-state index in [4.69, 9.17) is 4.99 Å². The minimum atomic E-state index is 0.761. The third kappa shape index (κ3) is 4.47. The van der Waals surface area contributed by atoms with Crippen LogP contribution in [-0.4, -0.2) is 12.8 Å². The van der Waals surface area contributed by atoms with Crippen molar-refractivity contribution in [2.45, 2.75) is 72.1 Å². The summed E-state index contributed by atoms with van der Waals surface area (Å²) in [6, 6.07) is 0. The number of nitrogens with zero attached hydrogens (tertiary/aromatic N) is 1. The summed E-state index contributed by atoms with van der Waals surface area (Å²) in [6.45, 7) is 8.07. The molecule has 0 saturated heterocycles. The topological polar surface area (TPSA) is 12.4 Å². The highest BCUT2D eigenvalue weighted by Crippen LogP contribution is 2.46. The second-order valence-electron chi connectivity index (χ2n) is 6.78. The standard InChI is InChI=1S/C18H31N/c1-4-16-13-19-12-14(2)9-7-5-6-8-10-17(16)18-11-15(18)3/h13-15,18H,4-12H2,1-3H3. The largest absolute Gasteiger partial charge is 0.293 e. The van der Waals surface area contributed by atoms with Crippen LogP contribution in [0.25, 0.3) is 0 Å². The summed E-state index contributed by atoms with van der Waals surface area (Å²) in [5.41, 5.74) is 3.31. The van der Waals surface area contributed by atoms with E-state index in [1.807, 2.05) is 0 Å². The van der Waals surface area contributed by atoms with Gasteiger partial charge in [-0.1, -0.05) is 45.6 Å². The highest BCUT2D eigenvalue weighted by Gasteiger charge is 2.36. The van der Waals surface area contributed by atoms with Gasteiger partial charge in [0.05, 0.1) is 0 Å². The van der Waals surface area contributed by atoms with Gasteiger partial charge in [-0.15, -0.1) is 0 Å². The Balaban J connectivity index is 2.11. The SMILES string of the molecule is CCC1=C(C2CC2C)CCCCCCC(C)CN=C1. The summed E-state index contributed by atoms with van der Waals surface area (Å²) in [6.07, 6.45) is 13.1. The third-order valence-corrected chi connectivity index (χ3v) is 4.91. The van der Waals surface area contributed by atoms with Gasteiger partial charge in [-0.05, 0) is 55.4 Å². The number of allylic oxidation sites excluding steroid dienone is 2. The summed E-state index contributed by atoms with van der Waals surface area (Å²) >= 11 is 0. The molecule has 0 N–H and O–H groups in total. The fourth-order valence-corrected chi connectivity index (χ4v) is 3.39. The van der Waals surface area contributed by atoms with E-state index >= 15 is 0 Å². The van der Waals surface area contributed by atoms with Gasteiger partial charge in [0.2, 0.25) is 0 Å². The van der Waals surface area contributed by atoms with Crippen LogP contribution in [0.3, 0.4) is 0 Å². The molecule has 1 heterocycles. The van der Waals surface area contributed by atoms with Crippen LogP contribution in [0, 0.1) is 17.8 Å². The molecule has 0 bridgehead atoms. The Bertz CT molecular complexity index is 340. The van der Waals surface area contributed by atoms with Crippen LogP contribution in [0.2, 0.25) is 0 Å². The maximum Gasteiger partial charge on any atom is 0.0415 e. The van der Waals surface area contributed by atoms with E-state index in [9.17, 15) is 0 Å². The molecule has 1 heteroatoms. The molecule has 0 aromatic carbocycles. The van der Waals surface area contributed by atoms with Gasteiger partial charge in [0.1, 0.15) is 0 Å².